The van der Waals surface area contributed by atoms with Gasteiger partial charge in [0.25, 0.3) is 0 Å². The molecule has 1 aliphatic rings. The van der Waals surface area contributed by atoms with Crippen LogP contribution in [0.1, 0.15) is 32.0 Å². The van der Waals surface area contributed by atoms with Crippen molar-refractivity contribution in [3.8, 4) is 5.75 Å². The number of carbonyl (C=O) groups excluding carboxylic acids is 1. The number of fused-ring (bicyclic) bond motifs is 3. The molecule has 0 saturated carbocycles. The second kappa shape index (κ2) is 8.26. The average Bonchev–Trinajstić information content (AvgIpc) is 3.05. The summed E-state index contributed by atoms with van der Waals surface area (Å²) in [7, 11) is -2.15. The monoisotopic (exact) mass is 456 g/mol. The molecule has 0 N–H and O–H groups in total. The van der Waals surface area contributed by atoms with Crippen LogP contribution in [0.2, 0.25) is 0 Å². The van der Waals surface area contributed by atoms with Gasteiger partial charge in [0.15, 0.2) is 0 Å². The standard InChI is InChI=1S/C24H28N2O5S/c1-24(2,3)31-23(27)16-26-21-8-6-5-7-19(21)20-13-14-25(15-22(20)26)32(28,29)18-11-9-17(30-4)10-12-18/h5-12H,13-16H2,1-4H3. The van der Waals surface area contributed by atoms with Crippen molar-refractivity contribution in [1.82, 2.24) is 8.87 Å². The van der Waals surface area contributed by atoms with Crippen LogP contribution in [-0.4, -0.2) is 42.5 Å². The van der Waals surface area contributed by atoms with Gasteiger partial charge in [-0.05, 0) is 63.1 Å². The van der Waals surface area contributed by atoms with Gasteiger partial charge < -0.3 is 14.0 Å². The van der Waals surface area contributed by atoms with E-state index in [0.29, 0.717) is 18.7 Å². The minimum Gasteiger partial charge on any atom is -0.497 e. The van der Waals surface area contributed by atoms with E-state index in [1.807, 2.05) is 49.6 Å². The number of hydrogen-bond acceptors (Lipinski definition) is 5. The van der Waals surface area contributed by atoms with Crippen LogP contribution in [0.25, 0.3) is 10.9 Å². The number of esters is 1. The first-order valence-electron chi connectivity index (χ1n) is 10.6. The van der Waals surface area contributed by atoms with E-state index in [1.165, 1.54) is 4.31 Å². The second-order valence-corrected chi connectivity index (χ2v) is 10.8. The maximum Gasteiger partial charge on any atom is 0.326 e. The van der Waals surface area contributed by atoms with Crippen LogP contribution in [0.3, 0.4) is 0 Å². The number of nitrogens with zero attached hydrogens (tertiary/aromatic N) is 2. The number of benzene rings is 2. The zero-order valence-electron chi connectivity index (χ0n) is 18.8. The number of hydrogen-bond donors (Lipinski definition) is 0. The largest absolute Gasteiger partial charge is 0.497 e. The molecule has 0 spiro atoms. The van der Waals surface area contributed by atoms with Gasteiger partial charge in [-0.1, -0.05) is 18.2 Å². The molecule has 0 amide bonds. The maximum atomic E-state index is 13.3. The molecular weight excluding hydrogens is 428 g/mol. The van der Waals surface area contributed by atoms with Crippen LogP contribution in [0.4, 0.5) is 0 Å². The lowest BCUT2D eigenvalue weighted by Crippen LogP contribution is -2.37. The Morgan fingerprint density at radius 2 is 1.75 bits per heavy atom. The third-order valence-corrected chi connectivity index (χ3v) is 7.40. The summed E-state index contributed by atoms with van der Waals surface area (Å²) in [6.07, 6.45) is 0.576. The van der Waals surface area contributed by atoms with E-state index >= 15 is 0 Å². The SMILES string of the molecule is COc1ccc(S(=O)(=O)N2CCc3c(n(CC(=O)OC(C)(C)C)c4ccccc34)C2)cc1. The van der Waals surface area contributed by atoms with Gasteiger partial charge >= 0.3 is 5.97 Å². The van der Waals surface area contributed by atoms with Crippen LogP contribution in [0, 0.1) is 0 Å². The summed E-state index contributed by atoms with van der Waals surface area (Å²) in [5.74, 6) is 0.249. The molecule has 1 aromatic heterocycles. The minimum atomic E-state index is -3.69. The lowest BCUT2D eigenvalue weighted by Gasteiger charge is -2.28. The Morgan fingerprint density at radius 3 is 2.41 bits per heavy atom. The number of carbonyl (C=O) groups is 1. The number of sulfonamides is 1. The highest BCUT2D eigenvalue weighted by Gasteiger charge is 2.32. The summed E-state index contributed by atoms with van der Waals surface area (Å²) in [4.78, 5) is 12.8. The highest BCUT2D eigenvalue weighted by molar-refractivity contribution is 7.89. The fourth-order valence-corrected chi connectivity index (χ4v) is 5.56. The zero-order chi connectivity index (χ0) is 23.1. The summed E-state index contributed by atoms with van der Waals surface area (Å²) in [5, 5.41) is 1.05. The molecule has 170 valence electrons. The number of rotatable bonds is 5. The van der Waals surface area contributed by atoms with Crippen molar-refractivity contribution < 1.29 is 22.7 Å². The summed E-state index contributed by atoms with van der Waals surface area (Å²) in [6.45, 7) is 6.10. The molecule has 0 aliphatic carbocycles. The lowest BCUT2D eigenvalue weighted by molar-refractivity contribution is -0.155. The van der Waals surface area contributed by atoms with Gasteiger partial charge in [-0.15, -0.1) is 0 Å². The van der Waals surface area contributed by atoms with E-state index < -0.39 is 15.6 Å². The lowest BCUT2D eigenvalue weighted by atomic mass is 10.0. The van der Waals surface area contributed by atoms with Crippen LogP contribution in [-0.2, 0) is 39.1 Å². The van der Waals surface area contributed by atoms with Crippen molar-refractivity contribution in [1.29, 1.82) is 0 Å². The topological polar surface area (TPSA) is 77.8 Å². The third kappa shape index (κ3) is 4.25. The number of para-hydroxylation sites is 1. The first kappa shape index (κ1) is 22.4. The van der Waals surface area contributed by atoms with Crippen molar-refractivity contribution in [2.24, 2.45) is 0 Å². The molecule has 0 atom stereocenters. The van der Waals surface area contributed by atoms with Gasteiger partial charge in [0.1, 0.15) is 17.9 Å². The molecule has 2 heterocycles. The summed E-state index contributed by atoms with van der Waals surface area (Å²) in [5.41, 5.74) is 2.24. The van der Waals surface area contributed by atoms with Crippen LogP contribution in [0.15, 0.2) is 53.4 Å². The van der Waals surface area contributed by atoms with Gasteiger partial charge in [-0.2, -0.15) is 4.31 Å². The Morgan fingerprint density at radius 1 is 1.06 bits per heavy atom. The van der Waals surface area contributed by atoms with E-state index in [0.717, 1.165) is 22.2 Å². The van der Waals surface area contributed by atoms with Crippen LogP contribution in [0.5, 0.6) is 5.75 Å². The van der Waals surface area contributed by atoms with Crippen molar-refractivity contribution in [2.75, 3.05) is 13.7 Å². The van der Waals surface area contributed by atoms with E-state index in [2.05, 4.69) is 0 Å². The summed E-state index contributed by atoms with van der Waals surface area (Å²) in [6, 6.07) is 14.3. The first-order chi connectivity index (χ1) is 15.1. The normalized spacial score (nSPS) is 14.9. The fourth-order valence-electron chi connectivity index (χ4n) is 4.16. The number of methoxy groups -OCH3 is 1. The zero-order valence-corrected chi connectivity index (χ0v) is 19.6. The van der Waals surface area contributed by atoms with Gasteiger partial charge in [-0.25, -0.2) is 8.42 Å². The minimum absolute atomic E-state index is 0.0313. The predicted octanol–water partition coefficient (Wildman–Crippen LogP) is 3.74. The molecule has 32 heavy (non-hydrogen) atoms. The Kier molecular flexibility index (Phi) is 5.77. The highest BCUT2D eigenvalue weighted by atomic mass is 32.2. The van der Waals surface area contributed by atoms with Crippen molar-refractivity contribution >= 4 is 26.9 Å². The quantitative estimate of drug-likeness (QED) is 0.547. The van der Waals surface area contributed by atoms with Crippen molar-refractivity contribution in [3.63, 3.8) is 0 Å². The molecule has 3 aromatic rings. The Bertz CT molecular complexity index is 1250. The maximum absolute atomic E-state index is 13.3. The fraction of sp³-hybridized carbons (Fsp3) is 0.375. The average molecular weight is 457 g/mol. The van der Waals surface area contributed by atoms with Crippen LogP contribution < -0.4 is 4.74 Å². The molecule has 0 unspecified atom stereocenters. The highest BCUT2D eigenvalue weighted by Crippen LogP contribution is 2.33. The smallest absolute Gasteiger partial charge is 0.326 e. The Hall–Kier alpha value is -2.84. The molecule has 2 aromatic carbocycles. The predicted molar refractivity (Wildman–Crippen MR) is 122 cm³/mol. The number of aromatic nitrogens is 1. The number of ether oxygens (including phenoxy) is 2. The van der Waals surface area contributed by atoms with Crippen molar-refractivity contribution in [2.45, 2.75) is 50.8 Å². The molecule has 4 rings (SSSR count). The Labute approximate surface area is 188 Å². The summed E-state index contributed by atoms with van der Waals surface area (Å²) < 4.78 is 40.7. The molecule has 0 saturated heterocycles. The van der Waals surface area contributed by atoms with Gasteiger partial charge in [0.2, 0.25) is 10.0 Å². The molecule has 0 radical (unpaired) electrons. The van der Waals surface area contributed by atoms with Gasteiger partial charge in [-0.3, -0.25) is 4.79 Å². The first-order valence-corrected chi connectivity index (χ1v) is 12.0. The molecule has 0 fully saturated rings. The molecule has 0 bridgehead atoms. The molecule has 1 aliphatic heterocycles. The Balaban J connectivity index is 1.71. The van der Waals surface area contributed by atoms with E-state index in [1.54, 1.807) is 31.4 Å². The summed E-state index contributed by atoms with van der Waals surface area (Å²) >= 11 is 0. The van der Waals surface area contributed by atoms with Gasteiger partial charge in [0, 0.05) is 23.1 Å². The van der Waals surface area contributed by atoms with E-state index in [4.69, 9.17) is 9.47 Å². The molecule has 8 heteroatoms. The second-order valence-electron chi connectivity index (χ2n) is 8.88. The van der Waals surface area contributed by atoms with E-state index in [-0.39, 0.29) is 24.0 Å². The van der Waals surface area contributed by atoms with Crippen LogP contribution >= 0.6 is 0 Å². The van der Waals surface area contributed by atoms with Gasteiger partial charge in [0.05, 0.1) is 18.6 Å². The molecule has 7 nitrogen and oxygen atoms in total. The van der Waals surface area contributed by atoms with Crippen molar-refractivity contribution in [3.05, 3.63) is 59.8 Å². The van der Waals surface area contributed by atoms with E-state index in [9.17, 15) is 13.2 Å². The third-order valence-electron chi connectivity index (χ3n) is 5.54. The molecular formula is C24H28N2O5S.